The Hall–Kier alpha value is -1.32. The second-order valence-electron chi connectivity index (χ2n) is 3.59. The maximum Gasteiger partial charge on any atom is 0.141 e. The Labute approximate surface area is 99.3 Å². The summed E-state index contributed by atoms with van der Waals surface area (Å²) in [5, 5.41) is 9.60. The fourth-order valence-electron chi connectivity index (χ4n) is 1.68. The minimum atomic E-state index is 0.126. The summed E-state index contributed by atoms with van der Waals surface area (Å²) in [6.45, 7) is 0.126. The van der Waals surface area contributed by atoms with Gasteiger partial charge in [-0.05, 0) is 12.1 Å². The molecule has 0 bridgehead atoms. The third-order valence-corrected chi connectivity index (χ3v) is 2.90. The summed E-state index contributed by atoms with van der Waals surface area (Å²) in [4.78, 5) is 4.33. The molecule has 0 aliphatic rings. The van der Waals surface area contributed by atoms with Crippen LogP contribution in [0.15, 0.2) is 30.5 Å². The van der Waals surface area contributed by atoms with Crippen molar-refractivity contribution < 1.29 is 5.11 Å². The van der Waals surface area contributed by atoms with E-state index in [1.165, 1.54) is 0 Å². The molecule has 84 valence electrons. The van der Waals surface area contributed by atoms with E-state index >= 15 is 0 Å². The van der Waals surface area contributed by atoms with E-state index in [9.17, 15) is 0 Å². The molecule has 0 saturated heterocycles. The summed E-state index contributed by atoms with van der Waals surface area (Å²) in [7, 11) is 1.93. The van der Waals surface area contributed by atoms with Crippen molar-refractivity contribution in [3.05, 3.63) is 41.2 Å². The highest BCUT2D eigenvalue weighted by atomic mass is 35.5. The fraction of sp³-hybridized carbons (Fsp3) is 0.250. The molecule has 16 heavy (non-hydrogen) atoms. The van der Waals surface area contributed by atoms with Crippen LogP contribution in [0.4, 0.5) is 0 Å². The number of aliphatic hydroxyl groups is 1. The molecule has 0 fully saturated rings. The van der Waals surface area contributed by atoms with E-state index in [1.54, 1.807) is 6.20 Å². The maximum absolute atomic E-state index is 8.91. The molecule has 2 rings (SSSR count). The molecule has 0 spiro atoms. The van der Waals surface area contributed by atoms with E-state index in [-0.39, 0.29) is 6.61 Å². The Kier molecular flexibility index (Phi) is 3.27. The summed E-state index contributed by atoms with van der Waals surface area (Å²) >= 11 is 6.11. The van der Waals surface area contributed by atoms with E-state index in [4.69, 9.17) is 16.7 Å². The van der Waals surface area contributed by atoms with Crippen LogP contribution in [-0.4, -0.2) is 21.3 Å². The molecule has 0 atom stereocenters. The first-order valence-electron chi connectivity index (χ1n) is 5.10. The number of aliphatic hydroxyl groups excluding tert-OH is 1. The number of nitrogens with zero attached hydrogens (tertiary/aromatic N) is 2. The predicted octanol–water partition coefficient (Wildman–Crippen LogP) is 2.28. The Bertz CT molecular complexity index is 494. The zero-order valence-corrected chi connectivity index (χ0v) is 9.78. The van der Waals surface area contributed by atoms with Gasteiger partial charge in [0.15, 0.2) is 0 Å². The van der Waals surface area contributed by atoms with Gasteiger partial charge < -0.3 is 9.67 Å². The van der Waals surface area contributed by atoms with Gasteiger partial charge >= 0.3 is 0 Å². The Balaban J connectivity index is 2.45. The van der Waals surface area contributed by atoms with Crippen LogP contribution in [0, 0.1) is 0 Å². The number of benzene rings is 1. The number of halogens is 1. The predicted molar refractivity (Wildman–Crippen MR) is 64.4 cm³/mol. The standard InChI is InChI=1S/C12H13ClN2O/c1-15-9(6-7-16)8-14-12(15)10-4-2-3-5-11(10)13/h2-5,8,16H,6-7H2,1H3. The van der Waals surface area contributed by atoms with E-state index in [2.05, 4.69) is 4.98 Å². The zero-order chi connectivity index (χ0) is 11.5. The first-order valence-corrected chi connectivity index (χ1v) is 5.48. The van der Waals surface area contributed by atoms with Gasteiger partial charge in [0.2, 0.25) is 0 Å². The summed E-state index contributed by atoms with van der Waals surface area (Å²) in [6, 6.07) is 7.61. The topological polar surface area (TPSA) is 38.0 Å². The molecule has 1 aromatic heterocycles. The average molecular weight is 237 g/mol. The van der Waals surface area contributed by atoms with E-state index in [0.29, 0.717) is 11.4 Å². The molecule has 1 aromatic carbocycles. The lowest BCUT2D eigenvalue weighted by atomic mass is 10.2. The van der Waals surface area contributed by atoms with Gasteiger partial charge in [-0.15, -0.1) is 0 Å². The third kappa shape index (κ3) is 1.96. The quantitative estimate of drug-likeness (QED) is 0.888. The number of imidazole rings is 1. The molecule has 1 N–H and O–H groups in total. The summed E-state index contributed by atoms with van der Waals surface area (Å²) < 4.78 is 1.96. The first kappa shape index (κ1) is 11.2. The van der Waals surface area contributed by atoms with Crippen LogP contribution in [-0.2, 0) is 13.5 Å². The van der Waals surface area contributed by atoms with Crippen LogP contribution in [0.5, 0.6) is 0 Å². The van der Waals surface area contributed by atoms with Crippen molar-refractivity contribution in [2.75, 3.05) is 6.61 Å². The van der Waals surface area contributed by atoms with Crippen molar-refractivity contribution in [1.29, 1.82) is 0 Å². The van der Waals surface area contributed by atoms with E-state index < -0.39 is 0 Å². The molecular weight excluding hydrogens is 224 g/mol. The van der Waals surface area contributed by atoms with Gasteiger partial charge in [-0.25, -0.2) is 4.98 Å². The molecule has 0 radical (unpaired) electrons. The molecule has 0 aliphatic carbocycles. The van der Waals surface area contributed by atoms with E-state index in [1.807, 2.05) is 35.9 Å². The second kappa shape index (κ2) is 4.68. The molecule has 1 heterocycles. The van der Waals surface area contributed by atoms with Gasteiger partial charge in [0.25, 0.3) is 0 Å². The molecule has 2 aromatic rings. The van der Waals surface area contributed by atoms with Gasteiger partial charge in [-0.3, -0.25) is 0 Å². The van der Waals surface area contributed by atoms with Crippen LogP contribution in [0.3, 0.4) is 0 Å². The van der Waals surface area contributed by atoms with E-state index in [0.717, 1.165) is 17.1 Å². The zero-order valence-electron chi connectivity index (χ0n) is 9.02. The molecule has 0 saturated carbocycles. The Morgan fingerprint density at radius 2 is 2.12 bits per heavy atom. The molecule has 4 heteroatoms. The Morgan fingerprint density at radius 1 is 1.38 bits per heavy atom. The van der Waals surface area contributed by atoms with Crippen LogP contribution >= 0.6 is 11.6 Å². The van der Waals surface area contributed by atoms with Crippen molar-refractivity contribution in [2.24, 2.45) is 7.05 Å². The van der Waals surface area contributed by atoms with Gasteiger partial charge in [-0.2, -0.15) is 0 Å². The van der Waals surface area contributed by atoms with Gasteiger partial charge in [0.1, 0.15) is 5.82 Å². The highest BCUT2D eigenvalue weighted by Crippen LogP contribution is 2.26. The van der Waals surface area contributed by atoms with Crippen molar-refractivity contribution in [3.8, 4) is 11.4 Å². The largest absolute Gasteiger partial charge is 0.396 e. The van der Waals surface area contributed by atoms with Crippen molar-refractivity contribution >= 4 is 11.6 Å². The Morgan fingerprint density at radius 3 is 2.81 bits per heavy atom. The molecule has 0 unspecified atom stereocenters. The molecule has 3 nitrogen and oxygen atoms in total. The summed E-state index contributed by atoms with van der Waals surface area (Å²) in [6.07, 6.45) is 2.38. The SMILES string of the molecule is Cn1c(CCO)cnc1-c1ccccc1Cl. The monoisotopic (exact) mass is 236 g/mol. The minimum absolute atomic E-state index is 0.126. The highest BCUT2D eigenvalue weighted by Gasteiger charge is 2.10. The lowest BCUT2D eigenvalue weighted by Gasteiger charge is -2.06. The fourth-order valence-corrected chi connectivity index (χ4v) is 1.90. The average Bonchev–Trinajstić information content (AvgIpc) is 2.62. The molecular formula is C12H13ClN2O. The van der Waals surface area contributed by atoms with Gasteiger partial charge in [0.05, 0.1) is 5.02 Å². The second-order valence-corrected chi connectivity index (χ2v) is 3.99. The van der Waals surface area contributed by atoms with Crippen molar-refractivity contribution in [1.82, 2.24) is 9.55 Å². The minimum Gasteiger partial charge on any atom is -0.396 e. The lowest BCUT2D eigenvalue weighted by Crippen LogP contribution is -2.01. The van der Waals surface area contributed by atoms with Crippen molar-refractivity contribution in [3.63, 3.8) is 0 Å². The number of rotatable bonds is 3. The normalized spacial score (nSPS) is 10.7. The maximum atomic E-state index is 8.91. The van der Waals surface area contributed by atoms with Crippen LogP contribution in [0.25, 0.3) is 11.4 Å². The molecule has 0 amide bonds. The summed E-state index contributed by atoms with van der Waals surface area (Å²) in [5.74, 6) is 0.828. The smallest absolute Gasteiger partial charge is 0.141 e. The van der Waals surface area contributed by atoms with Crippen LogP contribution in [0.1, 0.15) is 5.69 Å². The van der Waals surface area contributed by atoms with Crippen molar-refractivity contribution in [2.45, 2.75) is 6.42 Å². The molecule has 0 aliphatic heterocycles. The highest BCUT2D eigenvalue weighted by molar-refractivity contribution is 6.33. The summed E-state index contributed by atoms with van der Waals surface area (Å²) in [5.41, 5.74) is 1.91. The lowest BCUT2D eigenvalue weighted by molar-refractivity contribution is 0.297. The number of hydrogen-bond donors (Lipinski definition) is 1. The van der Waals surface area contributed by atoms with Crippen LogP contribution in [0.2, 0.25) is 5.02 Å². The number of hydrogen-bond acceptors (Lipinski definition) is 2. The van der Waals surface area contributed by atoms with Gasteiger partial charge in [-0.1, -0.05) is 23.7 Å². The third-order valence-electron chi connectivity index (χ3n) is 2.57. The van der Waals surface area contributed by atoms with Crippen LogP contribution < -0.4 is 0 Å². The van der Waals surface area contributed by atoms with Gasteiger partial charge in [0, 0.05) is 37.5 Å². The number of aromatic nitrogens is 2. The first-order chi connectivity index (χ1) is 7.74.